The molecule has 0 fully saturated rings. The Kier molecular flexibility index (Phi) is 61.2. The molecule has 12 N–H and O–H groups in total. The maximum atomic E-state index is 13.4. The van der Waals surface area contributed by atoms with Crippen LogP contribution in [0.2, 0.25) is 0 Å². The Morgan fingerprint density at radius 1 is 0.330 bits per heavy atom. The molecule has 0 radical (unpaired) electrons. The molecule has 568 valence electrons. The standard InChI is InChI=1S/C61H120N12O20S4/c1-62-17-25-70(5)29-21-66-57(82)86-41-49(74)9-33-94-37-13-53(78)45-90-61(91-46-54(79)14-38-95-34-10-50(75)42-87-58(83)67-22-30-71(6)26-18-63-2,92-47-55(80)15-39-96-35-11-51(76)43-88-59(84)68-23-31-72(7)27-19-64-3)93-48-56(81)16-40-97-36-12-52(77)44-89-60(85)69-24-32-73(8)28-20-65-4/h49-52,62-65,74-77H,9-48H2,1-8H3,(H,66,82)(H,67,83)(H,68,84)(H,69,85). The van der Waals surface area contributed by atoms with Gasteiger partial charge in [0.15, 0.2) is 23.1 Å². The lowest BCUT2D eigenvalue weighted by Gasteiger charge is -2.31. The van der Waals surface area contributed by atoms with Crippen molar-refractivity contribution in [3.05, 3.63) is 0 Å². The summed E-state index contributed by atoms with van der Waals surface area (Å²) in [4.78, 5) is 111. The topological polar surface area (TPSA) is 401 Å². The molecule has 0 saturated heterocycles. The van der Waals surface area contributed by atoms with Crippen molar-refractivity contribution in [1.29, 1.82) is 0 Å². The van der Waals surface area contributed by atoms with Crippen molar-refractivity contribution in [3.8, 4) is 0 Å². The minimum Gasteiger partial charge on any atom is -0.447 e. The van der Waals surface area contributed by atoms with Crippen LogP contribution in [-0.4, -0.2) is 378 Å². The van der Waals surface area contributed by atoms with E-state index in [1.165, 1.54) is 47.0 Å². The van der Waals surface area contributed by atoms with Gasteiger partial charge in [0.1, 0.15) is 52.9 Å². The number of hydrogen-bond donors (Lipinski definition) is 12. The van der Waals surface area contributed by atoms with Crippen molar-refractivity contribution < 1.29 is 96.7 Å². The molecule has 0 aromatic rings. The Balaban J connectivity index is 5.93. The summed E-state index contributed by atoms with van der Waals surface area (Å²) < 4.78 is 44.2. The lowest BCUT2D eigenvalue weighted by molar-refractivity contribution is -0.489. The highest BCUT2D eigenvalue weighted by Crippen LogP contribution is 2.21. The average Bonchev–Trinajstić information content (AvgIpc) is 1.04. The highest BCUT2D eigenvalue weighted by Gasteiger charge is 2.39. The molecule has 0 aliphatic heterocycles. The number of ketones is 4. The van der Waals surface area contributed by atoms with Crippen LogP contribution in [0.5, 0.6) is 0 Å². The molecular weight excluding hydrogens is 1350 g/mol. The first-order chi connectivity index (χ1) is 46.5. The third kappa shape index (κ3) is 59.9. The van der Waals surface area contributed by atoms with Crippen LogP contribution in [0.4, 0.5) is 19.2 Å². The van der Waals surface area contributed by atoms with E-state index < -0.39 is 105 Å². The van der Waals surface area contributed by atoms with E-state index in [4.69, 9.17) is 37.9 Å². The fourth-order valence-corrected chi connectivity index (χ4v) is 11.6. The van der Waals surface area contributed by atoms with Crippen molar-refractivity contribution in [2.75, 3.05) is 260 Å². The monoisotopic (exact) mass is 1470 g/mol. The molecule has 0 aliphatic carbocycles. The number of amides is 4. The van der Waals surface area contributed by atoms with Crippen molar-refractivity contribution in [2.24, 2.45) is 0 Å². The molecule has 36 heteroatoms. The molecular formula is C61H120N12O20S4. The second kappa shape index (κ2) is 63.4. The fraction of sp³-hybridized carbons (Fsp3) is 0.869. The third-order valence-electron chi connectivity index (χ3n) is 13.8. The van der Waals surface area contributed by atoms with Crippen LogP contribution in [-0.2, 0) is 57.1 Å². The molecule has 0 rings (SSSR count). The lowest BCUT2D eigenvalue weighted by atomic mass is 10.3. The van der Waals surface area contributed by atoms with Crippen molar-refractivity contribution in [1.82, 2.24) is 62.1 Å². The van der Waals surface area contributed by atoms with Gasteiger partial charge in [-0.3, -0.25) is 38.1 Å². The van der Waals surface area contributed by atoms with Gasteiger partial charge in [0.25, 0.3) is 0 Å². The van der Waals surface area contributed by atoms with E-state index in [0.717, 1.165) is 52.4 Å². The Labute approximate surface area is 592 Å². The summed E-state index contributed by atoms with van der Waals surface area (Å²) in [6.45, 7) is 6.62. The largest absolute Gasteiger partial charge is 0.447 e. The molecule has 4 unspecified atom stereocenters. The second-order valence-corrected chi connectivity index (χ2v) is 27.7. The van der Waals surface area contributed by atoms with Crippen molar-refractivity contribution in [3.63, 3.8) is 0 Å². The highest BCUT2D eigenvalue weighted by molar-refractivity contribution is 7.99. The molecule has 0 aliphatic rings. The summed E-state index contributed by atoms with van der Waals surface area (Å²) >= 11 is 5.41. The predicted octanol–water partition coefficient (Wildman–Crippen LogP) is -1.05. The number of ether oxygens (including phenoxy) is 8. The van der Waals surface area contributed by atoms with Crippen LogP contribution in [0.15, 0.2) is 0 Å². The van der Waals surface area contributed by atoms with Crippen molar-refractivity contribution >= 4 is 94.6 Å². The van der Waals surface area contributed by atoms with Gasteiger partial charge in [-0.2, -0.15) is 47.0 Å². The fourth-order valence-electron chi connectivity index (χ4n) is 7.52. The van der Waals surface area contributed by atoms with E-state index in [1.54, 1.807) is 0 Å². The minimum atomic E-state index is -2.72. The number of alkyl carbamates (subject to hydrolysis) is 4. The smallest absolute Gasteiger partial charge is 0.414 e. The zero-order chi connectivity index (χ0) is 72.2. The molecule has 0 saturated carbocycles. The van der Waals surface area contributed by atoms with Crippen LogP contribution in [0, 0.1) is 0 Å². The number of likely N-dealkylation sites (N-methyl/N-ethyl adjacent to an activating group) is 8. The van der Waals surface area contributed by atoms with Gasteiger partial charge < -0.3 is 102 Å². The molecule has 0 aromatic carbocycles. The molecule has 0 aromatic heterocycles. The van der Waals surface area contributed by atoms with E-state index in [-0.39, 0.29) is 101 Å². The maximum absolute atomic E-state index is 13.4. The molecule has 4 atom stereocenters. The third-order valence-corrected chi connectivity index (χ3v) is 17.8. The second-order valence-electron chi connectivity index (χ2n) is 22.8. The zero-order valence-electron chi connectivity index (χ0n) is 58.8. The first-order valence-electron chi connectivity index (χ1n) is 33.2. The zero-order valence-corrected chi connectivity index (χ0v) is 62.1. The molecule has 0 heterocycles. The van der Waals surface area contributed by atoms with Gasteiger partial charge >= 0.3 is 30.5 Å². The number of carbonyl (C=O) groups is 8. The number of hydrogen-bond acceptors (Lipinski definition) is 32. The number of rotatable bonds is 68. The Hall–Kier alpha value is -3.48. The molecule has 0 bridgehead atoms. The maximum Gasteiger partial charge on any atom is 0.414 e. The predicted molar refractivity (Wildman–Crippen MR) is 380 cm³/mol. The van der Waals surface area contributed by atoms with Gasteiger partial charge in [0.05, 0.1) is 24.4 Å². The highest BCUT2D eigenvalue weighted by atomic mass is 32.2. The SMILES string of the molecule is CNCCN(C)CCNC(=O)OCC(O)CCSCCC(=O)COC(OCC(=O)CCSCCC(O)COC(=O)NCCN(C)CCNC)(OCC(=O)CCSCCC(O)COC(=O)NCCN(C)CCNC)OCC(=O)CCSCCC(O)COC(=O)NCCN(C)CCNC. The molecule has 0 spiro atoms. The van der Waals surface area contributed by atoms with Crippen LogP contribution >= 0.6 is 47.0 Å². The number of nitrogens with zero attached hydrogens (tertiary/aromatic N) is 4. The van der Waals surface area contributed by atoms with Gasteiger partial charge in [0, 0.05) is 153 Å². The first kappa shape index (κ1) is 93.5. The van der Waals surface area contributed by atoms with Crippen LogP contribution < -0.4 is 42.5 Å². The number of aliphatic hydroxyl groups is 4. The van der Waals surface area contributed by atoms with Crippen molar-refractivity contribution in [2.45, 2.75) is 81.9 Å². The summed E-state index contributed by atoms with van der Waals surface area (Å²) in [5.41, 5.74) is 0. The van der Waals surface area contributed by atoms with E-state index >= 15 is 0 Å². The summed E-state index contributed by atoms with van der Waals surface area (Å²) in [7, 11) is 15.1. The van der Waals surface area contributed by atoms with E-state index in [1.807, 2.05) is 76.0 Å². The number of thioether (sulfide) groups is 4. The Morgan fingerprint density at radius 3 is 0.722 bits per heavy atom. The Morgan fingerprint density at radius 2 is 0.526 bits per heavy atom. The first-order valence-corrected chi connectivity index (χ1v) is 37.8. The van der Waals surface area contributed by atoms with Crippen LogP contribution in [0.1, 0.15) is 51.4 Å². The summed E-state index contributed by atoms with van der Waals surface area (Å²) in [6, 6.07) is 0. The molecule has 4 amide bonds. The average molecular weight is 1470 g/mol. The lowest BCUT2D eigenvalue weighted by Crippen LogP contribution is -2.46. The summed E-state index contributed by atoms with van der Waals surface area (Å²) in [5, 5.41) is 64.7. The van der Waals surface area contributed by atoms with Crippen LogP contribution in [0.3, 0.4) is 0 Å². The number of carbonyl (C=O) groups excluding carboxylic acids is 8. The van der Waals surface area contributed by atoms with Gasteiger partial charge in [-0.25, -0.2) is 19.2 Å². The number of nitrogens with one attached hydrogen (secondary N) is 8. The summed E-state index contributed by atoms with van der Waals surface area (Å²) in [6.07, 6.45) is -8.27. The van der Waals surface area contributed by atoms with Gasteiger partial charge in [0.2, 0.25) is 0 Å². The van der Waals surface area contributed by atoms with E-state index in [0.29, 0.717) is 75.4 Å². The minimum absolute atomic E-state index is 0.0448. The number of Topliss-reactive ketones (excluding diaryl/α,β-unsaturated/α-hetero) is 4. The van der Waals surface area contributed by atoms with Gasteiger partial charge in [-0.15, -0.1) is 0 Å². The number of aliphatic hydroxyl groups excluding tert-OH is 4. The van der Waals surface area contributed by atoms with Crippen LogP contribution in [0.25, 0.3) is 0 Å². The van der Waals surface area contributed by atoms with E-state index in [9.17, 15) is 58.8 Å². The summed E-state index contributed by atoms with van der Waals surface area (Å²) in [5.74, 6) is 0.916. The quantitative estimate of drug-likeness (QED) is 0.0196. The van der Waals surface area contributed by atoms with Gasteiger partial charge in [-0.05, 0) is 105 Å². The Bertz CT molecular complexity index is 1790. The van der Waals surface area contributed by atoms with Gasteiger partial charge in [-0.1, -0.05) is 0 Å². The molecule has 32 nitrogen and oxygen atoms in total. The van der Waals surface area contributed by atoms with E-state index in [2.05, 4.69) is 42.5 Å². The molecule has 97 heavy (non-hydrogen) atoms. The normalized spacial score (nSPS) is 13.4.